The van der Waals surface area contributed by atoms with Crippen LogP contribution in [-0.2, 0) is 11.3 Å². The van der Waals surface area contributed by atoms with Crippen LogP contribution in [0, 0.1) is 5.92 Å². The number of morpholine rings is 1. The van der Waals surface area contributed by atoms with Crippen LogP contribution in [0.5, 0.6) is 0 Å². The molecule has 2 saturated heterocycles. The molecule has 5 heteroatoms. The van der Waals surface area contributed by atoms with Gasteiger partial charge >= 0.3 is 6.03 Å². The number of nitrogens with one attached hydrogen (secondary N) is 1. The Morgan fingerprint density at radius 1 is 1.29 bits per heavy atom. The van der Waals surface area contributed by atoms with E-state index in [1.807, 2.05) is 11.8 Å². The van der Waals surface area contributed by atoms with Crippen molar-refractivity contribution in [3.8, 4) is 0 Å². The van der Waals surface area contributed by atoms with E-state index in [1.54, 1.807) is 0 Å². The summed E-state index contributed by atoms with van der Waals surface area (Å²) in [4.78, 5) is 16.8. The first-order valence-corrected chi connectivity index (χ1v) is 9.11. The summed E-state index contributed by atoms with van der Waals surface area (Å²) in [5, 5.41) is 3.14. The lowest BCUT2D eigenvalue weighted by atomic mass is 9.97. The third-order valence-electron chi connectivity index (χ3n) is 5.02. The Kier molecular flexibility index (Phi) is 6.10. The van der Waals surface area contributed by atoms with Crippen LogP contribution in [0.4, 0.5) is 4.79 Å². The van der Waals surface area contributed by atoms with Crippen molar-refractivity contribution in [3.63, 3.8) is 0 Å². The molecule has 1 aromatic rings. The van der Waals surface area contributed by atoms with Crippen molar-refractivity contribution in [2.24, 2.45) is 5.92 Å². The Morgan fingerprint density at radius 3 is 2.92 bits per heavy atom. The van der Waals surface area contributed by atoms with E-state index < -0.39 is 0 Å². The number of rotatable bonds is 4. The summed E-state index contributed by atoms with van der Waals surface area (Å²) in [6.45, 7) is 8.01. The van der Waals surface area contributed by atoms with Gasteiger partial charge in [0.15, 0.2) is 0 Å². The molecule has 2 amide bonds. The first kappa shape index (κ1) is 17.2. The monoisotopic (exact) mass is 331 g/mol. The van der Waals surface area contributed by atoms with Crippen LogP contribution in [0.1, 0.15) is 25.3 Å². The Bertz CT molecular complexity index is 523. The Hall–Kier alpha value is -1.59. The smallest absolute Gasteiger partial charge is 0.317 e. The topological polar surface area (TPSA) is 44.8 Å². The largest absolute Gasteiger partial charge is 0.377 e. The number of carbonyl (C=O) groups is 1. The first-order chi connectivity index (χ1) is 11.7. The van der Waals surface area contributed by atoms with E-state index in [4.69, 9.17) is 4.74 Å². The minimum atomic E-state index is 0.0611. The van der Waals surface area contributed by atoms with E-state index in [1.165, 1.54) is 18.4 Å². The zero-order valence-corrected chi connectivity index (χ0v) is 14.6. The molecule has 2 aliphatic heterocycles. The second-order valence-electron chi connectivity index (χ2n) is 7.03. The van der Waals surface area contributed by atoms with Crippen LogP contribution >= 0.6 is 0 Å². The van der Waals surface area contributed by atoms with Crippen LogP contribution < -0.4 is 5.32 Å². The average molecular weight is 331 g/mol. The Labute approximate surface area is 145 Å². The summed E-state index contributed by atoms with van der Waals surface area (Å²) in [5.41, 5.74) is 1.37. The molecule has 0 aliphatic carbocycles. The average Bonchev–Trinajstić information content (AvgIpc) is 2.61. The normalized spacial score (nSPS) is 25.5. The van der Waals surface area contributed by atoms with Gasteiger partial charge < -0.3 is 15.0 Å². The van der Waals surface area contributed by atoms with Crippen LogP contribution in [-0.4, -0.2) is 61.3 Å². The minimum Gasteiger partial charge on any atom is -0.377 e. The highest BCUT2D eigenvalue weighted by atomic mass is 16.5. The van der Waals surface area contributed by atoms with E-state index in [0.29, 0.717) is 25.7 Å². The van der Waals surface area contributed by atoms with E-state index in [9.17, 15) is 4.79 Å². The zero-order chi connectivity index (χ0) is 16.8. The van der Waals surface area contributed by atoms with Crippen LogP contribution in [0.25, 0.3) is 0 Å². The molecule has 132 valence electrons. The molecule has 0 bridgehead atoms. The molecular formula is C19H29N3O2. The number of benzene rings is 1. The molecule has 1 aromatic carbocycles. The molecule has 0 aromatic heterocycles. The molecule has 0 saturated carbocycles. The van der Waals surface area contributed by atoms with E-state index >= 15 is 0 Å². The van der Waals surface area contributed by atoms with Crippen molar-refractivity contribution in [1.29, 1.82) is 0 Å². The number of carbonyl (C=O) groups excluding carboxylic acids is 1. The number of ether oxygens (including phenoxy) is 1. The number of piperidine rings is 1. The number of hydrogen-bond acceptors (Lipinski definition) is 3. The maximum absolute atomic E-state index is 12.4. The number of urea groups is 1. The van der Waals surface area contributed by atoms with E-state index in [2.05, 4.69) is 40.5 Å². The first-order valence-electron chi connectivity index (χ1n) is 9.11. The fraction of sp³-hybridized carbons (Fsp3) is 0.632. The Morgan fingerprint density at radius 2 is 2.12 bits per heavy atom. The third-order valence-corrected chi connectivity index (χ3v) is 5.02. The fourth-order valence-electron chi connectivity index (χ4n) is 3.67. The second kappa shape index (κ2) is 8.49. The third kappa shape index (κ3) is 4.71. The van der Waals surface area contributed by atoms with Gasteiger partial charge in [-0.25, -0.2) is 4.79 Å². The summed E-state index contributed by atoms with van der Waals surface area (Å²) < 4.78 is 5.40. The predicted octanol–water partition coefficient (Wildman–Crippen LogP) is 2.33. The van der Waals surface area contributed by atoms with Crippen LogP contribution in [0.15, 0.2) is 30.3 Å². The van der Waals surface area contributed by atoms with Crippen molar-refractivity contribution >= 4 is 6.03 Å². The molecule has 2 atom stereocenters. The maximum atomic E-state index is 12.4. The van der Waals surface area contributed by atoms with Gasteiger partial charge in [-0.15, -0.1) is 0 Å². The Balaban J connectivity index is 1.44. The lowest BCUT2D eigenvalue weighted by molar-refractivity contribution is 0.0186. The molecule has 0 radical (unpaired) electrons. The van der Waals surface area contributed by atoms with Gasteiger partial charge in [-0.2, -0.15) is 0 Å². The van der Waals surface area contributed by atoms with Gasteiger partial charge in [0.05, 0.1) is 19.3 Å². The van der Waals surface area contributed by atoms with Gasteiger partial charge in [0, 0.05) is 26.2 Å². The van der Waals surface area contributed by atoms with Gasteiger partial charge in [0.25, 0.3) is 0 Å². The molecule has 2 aliphatic rings. The highest BCUT2D eigenvalue weighted by Crippen LogP contribution is 2.18. The zero-order valence-electron chi connectivity index (χ0n) is 14.6. The van der Waals surface area contributed by atoms with Crippen molar-refractivity contribution in [1.82, 2.24) is 15.1 Å². The van der Waals surface area contributed by atoms with Crippen LogP contribution in [0.2, 0.25) is 0 Å². The quantitative estimate of drug-likeness (QED) is 0.921. The van der Waals surface area contributed by atoms with Gasteiger partial charge in [0.1, 0.15) is 0 Å². The molecule has 2 fully saturated rings. The maximum Gasteiger partial charge on any atom is 0.317 e. The number of likely N-dealkylation sites (tertiary alicyclic amines) is 1. The van der Waals surface area contributed by atoms with Crippen molar-refractivity contribution < 1.29 is 9.53 Å². The van der Waals surface area contributed by atoms with Gasteiger partial charge in [-0.1, -0.05) is 30.3 Å². The number of nitrogens with zero attached hydrogens (tertiary/aromatic N) is 2. The molecule has 0 spiro atoms. The predicted molar refractivity (Wildman–Crippen MR) is 94.8 cm³/mol. The standard InChI is InChI=1S/C19H29N3O2/c1-16-15-24-11-10-22(16)19(23)20-12-18-8-5-9-21(14-18)13-17-6-3-2-4-7-17/h2-4,6-7,16,18H,5,8-15H2,1H3,(H,20,23). The van der Waals surface area contributed by atoms with Crippen molar-refractivity contribution in [2.75, 3.05) is 39.4 Å². The number of hydrogen-bond donors (Lipinski definition) is 1. The second-order valence-corrected chi connectivity index (χ2v) is 7.03. The molecule has 24 heavy (non-hydrogen) atoms. The highest BCUT2D eigenvalue weighted by molar-refractivity contribution is 5.74. The SMILES string of the molecule is CC1COCCN1C(=O)NCC1CCCN(Cc2ccccc2)C1. The minimum absolute atomic E-state index is 0.0611. The number of amides is 2. The molecule has 2 unspecified atom stereocenters. The molecule has 1 N–H and O–H groups in total. The lowest BCUT2D eigenvalue weighted by Gasteiger charge is -2.35. The van der Waals surface area contributed by atoms with Crippen molar-refractivity contribution in [2.45, 2.75) is 32.4 Å². The molecular weight excluding hydrogens is 302 g/mol. The fourth-order valence-corrected chi connectivity index (χ4v) is 3.67. The summed E-state index contributed by atoms with van der Waals surface area (Å²) in [5.74, 6) is 0.544. The molecule has 5 nitrogen and oxygen atoms in total. The summed E-state index contributed by atoms with van der Waals surface area (Å²) in [6, 6.07) is 10.9. The summed E-state index contributed by atoms with van der Waals surface area (Å²) in [6.07, 6.45) is 2.41. The van der Waals surface area contributed by atoms with E-state index in [0.717, 1.165) is 26.2 Å². The van der Waals surface area contributed by atoms with Gasteiger partial charge in [0.2, 0.25) is 0 Å². The summed E-state index contributed by atoms with van der Waals surface area (Å²) in [7, 11) is 0. The van der Waals surface area contributed by atoms with E-state index in [-0.39, 0.29) is 12.1 Å². The van der Waals surface area contributed by atoms with Crippen LogP contribution in [0.3, 0.4) is 0 Å². The lowest BCUT2D eigenvalue weighted by Crippen LogP contribution is -2.52. The molecule has 3 rings (SSSR count). The molecule has 2 heterocycles. The van der Waals surface area contributed by atoms with Gasteiger partial charge in [-0.3, -0.25) is 4.90 Å². The summed E-state index contributed by atoms with van der Waals surface area (Å²) >= 11 is 0. The van der Waals surface area contributed by atoms with Gasteiger partial charge in [-0.05, 0) is 37.8 Å². The van der Waals surface area contributed by atoms with Crippen molar-refractivity contribution in [3.05, 3.63) is 35.9 Å². The highest BCUT2D eigenvalue weighted by Gasteiger charge is 2.25.